The lowest BCUT2D eigenvalue weighted by Gasteiger charge is -2.24. The van der Waals surface area contributed by atoms with Crippen molar-refractivity contribution >= 4 is 31.0 Å². The van der Waals surface area contributed by atoms with Crippen molar-refractivity contribution in [1.82, 2.24) is 9.55 Å². The average molecular weight is 457 g/mol. The fourth-order valence-corrected chi connectivity index (χ4v) is 5.29. The van der Waals surface area contributed by atoms with E-state index in [1.165, 1.54) is 26.7 Å². The summed E-state index contributed by atoms with van der Waals surface area (Å²) in [5.74, 6) is 1.63. The first-order chi connectivity index (χ1) is 13.6. The quantitative estimate of drug-likeness (QED) is 0.564. The molecule has 7 nitrogen and oxygen atoms in total. The van der Waals surface area contributed by atoms with E-state index in [0.29, 0.717) is 11.4 Å². The van der Waals surface area contributed by atoms with Gasteiger partial charge in [-0.3, -0.25) is 4.18 Å². The van der Waals surface area contributed by atoms with Crippen LogP contribution in [0.25, 0.3) is 11.0 Å². The molecule has 1 aliphatic rings. The lowest BCUT2D eigenvalue weighted by atomic mass is 9.92. The maximum Gasteiger partial charge on any atom is 0.264 e. The molecule has 1 heterocycles. The third kappa shape index (κ3) is 5.23. The number of benzene rings is 1. The number of hydrogen-bond donors (Lipinski definition) is 0. The highest BCUT2D eigenvalue weighted by Crippen LogP contribution is 2.35. The molecule has 0 saturated heterocycles. The minimum absolute atomic E-state index is 0.0581. The Kier molecular flexibility index (Phi) is 5.88. The van der Waals surface area contributed by atoms with Gasteiger partial charge in [0.1, 0.15) is 5.82 Å². The Morgan fingerprint density at radius 3 is 2.27 bits per heavy atom. The van der Waals surface area contributed by atoms with E-state index < -0.39 is 31.3 Å². The van der Waals surface area contributed by atoms with Gasteiger partial charge in [0.15, 0.2) is 9.84 Å². The Morgan fingerprint density at radius 1 is 1.10 bits per heavy atom. The number of aromatic nitrogens is 2. The zero-order chi connectivity index (χ0) is 22.5. The van der Waals surface area contributed by atoms with Crippen molar-refractivity contribution < 1.29 is 21.0 Å². The number of fused-ring (bicyclic) bond motifs is 1. The minimum Gasteiger partial charge on any atom is -0.328 e. The third-order valence-corrected chi connectivity index (χ3v) is 8.28. The van der Waals surface area contributed by atoms with Crippen LogP contribution in [0.2, 0.25) is 0 Å². The molecule has 0 amide bonds. The zero-order valence-electron chi connectivity index (χ0n) is 18.6. The van der Waals surface area contributed by atoms with Crippen LogP contribution in [0.4, 0.5) is 0 Å². The van der Waals surface area contributed by atoms with Crippen LogP contribution in [0.3, 0.4) is 0 Å². The first-order valence-electron chi connectivity index (χ1n) is 10.2. The summed E-state index contributed by atoms with van der Waals surface area (Å²) in [6.07, 6.45) is 4.14. The van der Waals surface area contributed by atoms with Gasteiger partial charge >= 0.3 is 0 Å². The van der Waals surface area contributed by atoms with Crippen LogP contribution in [-0.4, -0.2) is 44.0 Å². The van der Waals surface area contributed by atoms with Crippen LogP contribution >= 0.6 is 0 Å². The second-order valence-electron chi connectivity index (χ2n) is 10.2. The number of imidazole rings is 1. The molecule has 0 atom stereocenters. The molecule has 1 aromatic heterocycles. The SMILES string of the molecule is CC(C)(C)Cc1nc2cc(S(=O)(=O)C(C)(C)COS(C)(=O)=O)ccc2n1CC1CC1. The van der Waals surface area contributed by atoms with Crippen LogP contribution in [0.5, 0.6) is 0 Å². The summed E-state index contributed by atoms with van der Waals surface area (Å²) in [6.45, 7) is 9.87. The average Bonchev–Trinajstić information content (AvgIpc) is 3.34. The molecule has 3 rings (SSSR count). The summed E-state index contributed by atoms with van der Waals surface area (Å²) >= 11 is 0. The summed E-state index contributed by atoms with van der Waals surface area (Å²) in [5.41, 5.74) is 1.64. The number of rotatable bonds is 8. The monoisotopic (exact) mass is 456 g/mol. The molecule has 0 radical (unpaired) electrons. The molecule has 0 aliphatic heterocycles. The summed E-state index contributed by atoms with van der Waals surface area (Å²) < 4.78 is 54.7. The molecule has 1 aliphatic carbocycles. The van der Waals surface area contributed by atoms with Gasteiger partial charge in [-0.15, -0.1) is 0 Å². The van der Waals surface area contributed by atoms with Gasteiger partial charge in [-0.2, -0.15) is 8.42 Å². The van der Waals surface area contributed by atoms with Gasteiger partial charge < -0.3 is 4.57 Å². The largest absolute Gasteiger partial charge is 0.328 e. The topological polar surface area (TPSA) is 95.3 Å². The van der Waals surface area contributed by atoms with E-state index in [1.54, 1.807) is 12.1 Å². The van der Waals surface area contributed by atoms with E-state index in [-0.39, 0.29) is 10.3 Å². The van der Waals surface area contributed by atoms with Gasteiger partial charge in [0, 0.05) is 13.0 Å². The third-order valence-electron chi connectivity index (χ3n) is 5.28. The van der Waals surface area contributed by atoms with E-state index in [1.807, 2.05) is 6.07 Å². The molecule has 1 saturated carbocycles. The summed E-state index contributed by atoms with van der Waals surface area (Å²) in [5, 5.41) is 0. The molecule has 168 valence electrons. The van der Waals surface area contributed by atoms with Crippen molar-refractivity contribution in [2.75, 3.05) is 12.9 Å². The van der Waals surface area contributed by atoms with Gasteiger partial charge in [-0.05, 0) is 56.2 Å². The van der Waals surface area contributed by atoms with Crippen molar-refractivity contribution in [2.24, 2.45) is 11.3 Å². The lowest BCUT2D eigenvalue weighted by molar-refractivity contribution is 0.287. The highest BCUT2D eigenvalue weighted by Gasteiger charge is 2.38. The fourth-order valence-electron chi connectivity index (χ4n) is 3.34. The van der Waals surface area contributed by atoms with Crippen LogP contribution in [0, 0.1) is 11.3 Å². The number of hydrogen-bond acceptors (Lipinski definition) is 6. The molecule has 30 heavy (non-hydrogen) atoms. The predicted octanol–water partition coefficient (Wildman–Crippen LogP) is 3.56. The first-order valence-corrected chi connectivity index (χ1v) is 13.5. The van der Waals surface area contributed by atoms with Crippen molar-refractivity contribution in [2.45, 2.75) is 70.1 Å². The zero-order valence-corrected chi connectivity index (χ0v) is 20.2. The molecule has 0 unspecified atom stereocenters. The van der Waals surface area contributed by atoms with Gasteiger partial charge in [0.25, 0.3) is 10.1 Å². The summed E-state index contributed by atoms with van der Waals surface area (Å²) in [6, 6.07) is 5.01. The molecule has 2 aromatic rings. The van der Waals surface area contributed by atoms with E-state index in [9.17, 15) is 16.8 Å². The molecular weight excluding hydrogens is 424 g/mol. The van der Waals surface area contributed by atoms with E-state index in [4.69, 9.17) is 9.17 Å². The smallest absolute Gasteiger partial charge is 0.264 e. The van der Waals surface area contributed by atoms with E-state index in [2.05, 4.69) is 25.3 Å². The number of nitrogens with zero attached hydrogens (tertiary/aromatic N) is 2. The fraction of sp³-hybridized carbons (Fsp3) is 0.667. The normalized spacial score (nSPS) is 16.3. The Bertz CT molecular complexity index is 1150. The molecule has 0 spiro atoms. The van der Waals surface area contributed by atoms with Crippen LogP contribution in [0.15, 0.2) is 23.1 Å². The van der Waals surface area contributed by atoms with Crippen LogP contribution < -0.4 is 0 Å². The van der Waals surface area contributed by atoms with Gasteiger partial charge in [0.05, 0.1) is 33.5 Å². The molecule has 9 heteroatoms. The predicted molar refractivity (Wildman–Crippen MR) is 118 cm³/mol. The Morgan fingerprint density at radius 2 is 1.73 bits per heavy atom. The Labute approximate surface area is 179 Å². The summed E-state index contributed by atoms with van der Waals surface area (Å²) in [4.78, 5) is 4.91. The Balaban J connectivity index is 2.01. The maximum absolute atomic E-state index is 13.2. The minimum atomic E-state index is -3.84. The maximum atomic E-state index is 13.2. The van der Waals surface area contributed by atoms with Gasteiger partial charge in [0.2, 0.25) is 0 Å². The van der Waals surface area contributed by atoms with Crippen molar-refractivity contribution in [3.8, 4) is 0 Å². The standard InChI is InChI=1S/C21H32N2O5S2/c1-20(2,3)12-19-22-17-11-16(9-10-18(17)23(19)13-15-7-8-15)30(26,27)21(4,5)14-28-29(6,24)25/h9-11,15H,7-8,12-14H2,1-6H3. The number of sulfone groups is 1. The second kappa shape index (κ2) is 7.60. The van der Waals surface area contributed by atoms with Crippen LogP contribution in [0.1, 0.15) is 53.3 Å². The molecular formula is C21H32N2O5S2. The lowest BCUT2D eigenvalue weighted by Crippen LogP contribution is -2.37. The van der Waals surface area contributed by atoms with Crippen LogP contribution in [-0.2, 0) is 37.1 Å². The highest BCUT2D eigenvalue weighted by atomic mass is 32.2. The van der Waals surface area contributed by atoms with E-state index in [0.717, 1.165) is 30.6 Å². The van der Waals surface area contributed by atoms with Crippen molar-refractivity contribution in [1.29, 1.82) is 0 Å². The van der Waals surface area contributed by atoms with Gasteiger partial charge in [-0.25, -0.2) is 13.4 Å². The molecule has 0 bridgehead atoms. The molecule has 1 fully saturated rings. The van der Waals surface area contributed by atoms with Crippen molar-refractivity contribution in [3.05, 3.63) is 24.0 Å². The Hall–Kier alpha value is -1.45. The second-order valence-corrected chi connectivity index (χ2v) is 14.4. The highest BCUT2D eigenvalue weighted by molar-refractivity contribution is 7.93. The first kappa shape index (κ1) is 23.2. The molecule has 0 N–H and O–H groups in total. The molecule has 1 aromatic carbocycles. The van der Waals surface area contributed by atoms with Gasteiger partial charge in [-0.1, -0.05) is 20.8 Å². The van der Waals surface area contributed by atoms with Crippen molar-refractivity contribution in [3.63, 3.8) is 0 Å². The summed E-state index contributed by atoms with van der Waals surface area (Å²) in [7, 11) is -7.58. The van der Waals surface area contributed by atoms with E-state index >= 15 is 0 Å².